The van der Waals surface area contributed by atoms with E-state index in [0.717, 1.165) is 11.3 Å². The Bertz CT molecular complexity index is 355. The lowest BCUT2D eigenvalue weighted by atomic mass is 10.1. The largest absolute Gasteiger partial charge is 0.496 e. The van der Waals surface area contributed by atoms with Crippen molar-refractivity contribution in [3.63, 3.8) is 0 Å². The lowest BCUT2D eigenvalue weighted by Crippen LogP contribution is -2.19. The number of hydrogen-bond donors (Lipinski definition) is 1. The summed E-state index contributed by atoms with van der Waals surface area (Å²) >= 11 is 11.0. The molecule has 0 saturated heterocycles. The van der Waals surface area contributed by atoms with Crippen molar-refractivity contribution in [2.45, 2.75) is 6.42 Å². The molecule has 0 heterocycles. The van der Waals surface area contributed by atoms with Crippen LogP contribution >= 0.6 is 23.2 Å². The van der Waals surface area contributed by atoms with Gasteiger partial charge in [0, 0.05) is 11.6 Å². The van der Waals surface area contributed by atoms with Crippen LogP contribution in [0.5, 0.6) is 5.75 Å². The molecular formula is C10H11Cl2NO2. The average Bonchev–Trinajstić information content (AvgIpc) is 2.17. The second-order valence-electron chi connectivity index (χ2n) is 2.91. The third-order valence-electron chi connectivity index (χ3n) is 1.90. The van der Waals surface area contributed by atoms with Crippen molar-refractivity contribution in [1.82, 2.24) is 5.32 Å². The van der Waals surface area contributed by atoms with E-state index < -0.39 is 5.37 Å². The molecule has 5 heteroatoms. The van der Waals surface area contributed by atoms with Gasteiger partial charge in [0.25, 0.3) is 0 Å². The lowest BCUT2D eigenvalue weighted by molar-refractivity contribution is 0.260. The van der Waals surface area contributed by atoms with Gasteiger partial charge in [-0.05, 0) is 41.8 Å². The van der Waals surface area contributed by atoms with Crippen LogP contribution in [0.1, 0.15) is 5.56 Å². The normalized spacial score (nSPS) is 9.80. The van der Waals surface area contributed by atoms with Crippen LogP contribution in [0.25, 0.3) is 0 Å². The zero-order valence-corrected chi connectivity index (χ0v) is 9.73. The van der Waals surface area contributed by atoms with E-state index in [9.17, 15) is 4.79 Å². The lowest BCUT2D eigenvalue weighted by Gasteiger charge is -2.08. The van der Waals surface area contributed by atoms with Crippen molar-refractivity contribution < 1.29 is 9.53 Å². The van der Waals surface area contributed by atoms with E-state index in [-0.39, 0.29) is 0 Å². The van der Waals surface area contributed by atoms with Gasteiger partial charge < -0.3 is 10.1 Å². The van der Waals surface area contributed by atoms with Gasteiger partial charge in [-0.15, -0.1) is 0 Å². The molecule has 0 spiro atoms. The molecule has 0 aliphatic carbocycles. The summed E-state index contributed by atoms with van der Waals surface area (Å²) in [5.41, 5.74) is 0.940. The van der Waals surface area contributed by atoms with Crippen LogP contribution in [0.3, 0.4) is 0 Å². The van der Waals surface area contributed by atoms with Crippen molar-refractivity contribution in [3.05, 3.63) is 28.8 Å². The van der Waals surface area contributed by atoms with Crippen molar-refractivity contribution in [1.29, 1.82) is 0 Å². The molecule has 0 saturated carbocycles. The van der Waals surface area contributed by atoms with Crippen LogP contribution in [-0.4, -0.2) is 19.0 Å². The maximum Gasteiger partial charge on any atom is 0.313 e. The van der Waals surface area contributed by atoms with Crippen LogP contribution < -0.4 is 10.1 Å². The molecule has 1 N–H and O–H groups in total. The minimum absolute atomic E-state index is 0.457. The highest BCUT2D eigenvalue weighted by molar-refractivity contribution is 6.62. The molecule has 15 heavy (non-hydrogen) atoms. The summed E-state index contributed by atoms with van der Waals surface area (Å²) in [6, 6.07) is 5.35. The number of halogens is 2. The smallest absolute Gasteiger partial charge is 0.313 e. The highest BCUT2D eigenvalue weighted by Crippen LogP contribution is 2.22. The van der Waals surface area contributed by atoms with Crippen molar-refractivity contribution in [2.24, 2.45) is 0 Å². The maximum atomic E-state index is 10.5. The van der Waals surface area contributed by atoms with Crippen LogP contribution in [-0.2, 0) is 6.42 Å². The molecule has 0 aliphatic heterocycles. The summed E-state index contributed by atoms with van der Waals surface area (Å²) in [6.45, 7) is 0.457. The molecular weight excluding hydrogens is 237 g/mol. The van der Waals surface area contributed by atoms with Gasteiger partial charge >= 0.3 is 5.37 Å². The molecule has 1 rings (SSSR count). The molecule has 0 unspecified atom stereocenters. The van der Waals surface area contributed by atoms with Crippen molar-refractivity contribution in [3.8, 4) is 5.75 Å². The van der Waals surface area contributed by atoms with Gasteiger partial charge in [-0.2, -0.15) is 0 Å². The summed E-state index contributed by atoms with van der Waals surface area (Å²) in [5, 5.41) is 2.58. The topological polar surface area (TPSA) is 38.3 Å². The maximum absolute atomic E-state index is 10.5. The van der Waals surface area contributed by atoms with Gasteiger partial charge in [-0.3, -0.25) is 4.79 Å². The third kappa shape index (κ3) is 3.98. The molecule has 0 fully saturated rings. The van der Waals surface area contributed by atoms with Gasteiger partial charge in [-0.25, -0.2) is 0 Å². The van der Waals surface area contributed by atoms with E-state index >= 15 is 0 Å². The fraction of sp³-hybridized carbons (Fsp3) is 0.300. The number of carbonyl (C=O) groups is 1. The molecule has 3 nitrogen and oxygen atoms in total. The number of hydrogen-bond acceptors (Lipinski definition) is 2. The molecule has 0 atom stereocenters. The molecule has 1 aromatic carbocycles. The fourth-order valence-corrected chi connectivity index (χ4v) is 1.53. The first-order valence-corrected chi connectivity index (χ1v) is 5.15. The van der Waals surface area contributed by atoms with Gasteiger partial charge in [0.2, 0.25) is 0 Å². The molecule has 0 radical (unpaired) electrons. The quantitative estimate of drug-likeness (QED) is 0.657. The highest BCUT2D eigenvalue weighted by Gasteiger charge is 2.04. The number of benzene rings is 1. The van der Waals surface area contributed by atoms with E-state index in [1.54, 1.807) is 25.3 Å². The van der Waals surface area contributed by atoms with Gasteiger partial charge in [0.05, 0.1) is 7.11 Å². The molecule has 82 valence electrons. The number of methoxy groups -OCH3 is 1. The van der Waals surface area contributed by atoms with Crippen LogP contribution in [0.4, 0.5) is 4.79 Å². The predicted molar refractivity (Wildman–Crippen MR) is 61.0 cm³/mol. The molecule has 0 bridgehead atoms. The van der Waals surface area contributed by atoms with E-state index in [1.807, 2.05) is 0 Å². The van der Waals surface area contributed by atoms with Crippen molar-refractivity contribution >= 4 is 28.6 Å². The molecule has 0 aromatic heterocycles. The summed E-state index contributed by atoms with van der Waals surface area (Å²) in [4.78, 5) is 10.5. The second kappa shape index (κ2) is 5.83. The Labute approximate surface area is 98.3 Å². The minimum atomic E-state index is -0.559. The van der Waals surface area contributed by atoms with E-state index in [4.69, 9.17) is 27.9 Å². The Morgan fingerprint density at radius 3 is 2.87 bits per heavy atom. The van der Waals surface area contributed by atoms with E-state index in [1.165, 1.54) is 0 Å². The van der Waals surface area contributed by atoms with Gasteiger partial charge in [0.1, 0.15) is 5.75 Å². The number of carbonyl (C=O) groups excluding carboxylic acids is 1. The average molecular weight is 248 g/mol. The summed E-state index contributed by atoms with van der Waals surface area (Å²) in [6.07, 6.45) is 0.627. The fourth-order valence-electron chi connectivity index (χ4n) is 1.24. The third-order valence-corrected chi connectivity index (χ3v) is 2.27. The Hall–Kier alpha value is -0.930. The Morgan fingerprint density at radius 2 is 2.27 bits per heavy atom. The number of amides is 1. The zero-order chi connectivity index (χ0) is 11.3. The standard InChI is InChI=1S/C10H11Cl2NO2/c1-15-9-3-2-8(11)6-7(9)4-5-13-10(12)14/h2-3,6H,4-5H2,1H3,(H,13,14). The second-order valence-corrected chi connectivity index (χ2v) is 3.69. The minimum Gasteiger partial charge on any atom is -0.496 e. The van der Waals surface area contributed by atoms with Crippen molar-refractivity contribution in [2.75, 3.05) is 13.7 Å². The summed E-state index contributed by atoms with van der Waals surface area (Å²) < 4.78 is 5.15. The number of nitrogens with one attached hydrogen (secondary N) is 1. The number of ether oxygens (including phenoxy) is 1. The summed E-state index contributed by atoms with van der Waals surface area (Å²) in [7, 11) is 1.59. The van der Waals surface area contributed by atoms with Gasteiger partial charge in [0.15, 0.2) is 0 Å². The Morgan fingerprint density at radius 1 is 1.53 bits per heavy atom. The Balaban J connectivity index is 2.65. The van der Waals surface area contributed by atoms with Crippen LogP contribution in [0.2, 0.25) is 5.02 Å². The first kappa shape index (κ1) is 12.1. The molecule has 1 aromatic rings. The molecule has 0 aliphatic rings. The van der Waals surface area contributed by atoms with Gasteiger partial charge in [-0.1, -0.05) is 11.6 Å². The first-order chi connectivity index (χ1) is 7.13. The highest BCUT2D eigenvalue weighted by atomic mass is 35.5. The van der Waals surface area contributed by atoms with E-state index in [2.05, 4.69) is 5.32 Å². The predicted octanol–water partition coefficient (Wildman–Crippen LogP) is 2.84. The first-order valence-electron chi connectivity index (χ1n) is 4.39. The Kier molecular flexibility index (Phi) is 4.72. The number of rotatable bonds is 4. The zero-order valence-electron chi connectivity index (χ0n) is 8.22. The van der Waals surface area contributed by atoms with Crippen LogP contribution in [0, 0.1) is 0 Å². The van der Waals surface area contributed by atoms with E-state index in [0.29, 0.717) is 18.0 Å². The SMILES string of the molecule is COc1ccc(Cl)cc1CCNC(=O)Cl. The summed E-state index contributed by atoms with van der Waals surface area (Å²) in [5.74, 6) is 0.753. The monoisotopic (exact) mass is 247 g/mol. The molecule has 1 amide bonds. The van der Waals surface area contributed by atoms with Crippen LogP contribution in [0.15, 0.2) is 18.2 Å².